The summed E-state index contributed by atoms with van der Waals surface area (Å²) in [6.07, 6.45) is 3.42. The monoisotopic (exact) mass is 563 g/mol. The molecule has 0 radical (unpaired) electrons. The number of benzene rings is 3. The Kier molecular flexibility index (Phi) is 7.68. The third-order valence-electron chi connectivity index (χ3n) is 7.73. The molecular formula is C34H30FN3O4. The summed E-state index contributed by atoms with van der Waals surface area (Å²) < 4.78 is 25.7. The first kappa shape index (κ1) is 27.2. The maximum Gasteiger partial charge on any atom is 0.338 e. The number of rotatable bonds is 7. The molecule has 0 bridgehead atoms. The van der Waals surface area contributed by atoms with E-state index < -0.39 is 0 Å². The van der Waals surface area contributed by atoms with Crippen molar-refractivity contribution in [2.45, 2.75) is 19.8 Å². The number of nitrogens with zero attached hydrogens (tertiary/aromatic N) is 2. The summed E-state index contributed by atoms with van der Waals surface area (Å²) in [6.45, 7) is 3.84. The maximum atomic E-state index is 14.3. The van der Waals surface area contributed by atoms with Crippen LogP contribution in [0.4, 0.5) is 15.9 Å². The van der Waals surface area contributed by atoms with Gasteiger partial charge in [0.2, 0.25) is 0 Å². The number of furan rings is 1. The molecule has 0 saturated carbocycles. The molecule has 3 aromatic carbocycles. The number of fused-ring (bicyclic) bond motifs is 1. The van der Waals surface area contributed by atoms with E-state index in [-0.39, 0.29) is 23.5 Å². The first-order valence-electron chi connectivity index (χ1n) is 14.0. The highest BCUT2D eigenvalue weighted by Gasteiger charge is 2.23. The van der Waals surface area contributed by atoms with Crippen LogP contribution in [0.1, 0.15) is 39.3 Å². The van der Waals surface area contributed by atoms with Crippen LogP contribution in [-0.4, -0.2) is 36.6 Å². The molecular weight excluding hydrogens is 533 g/mol. The Balaban J connectivity index is 1.05. The molecule has 3 heterocycles. The minimum absolute atomic E-state index is 0.204. The molecule has 0 atom stereocenters. The van der Waals surface area contributed by atoms with Crippen LogP contribution < -0.4 is 10.2 Å². The van der Waals surface area contributed by atoms with Crippen molar-refractivity contribution >= 4 is 34.4 Å². The maximum absolute atomic E-state index is 14.3. The third-order valence-corrected chi connectivity index (χ3v) is 7.73. The Morgan fingerprint density at radius 2 is 1.76 bits per heavy atom. The molecule has 1 N–H and O–H groups in total. The van der Waals surface area contributed by atoms with E-state index in [9.17, 15) is 14.0 Å². The Morgan fingerprint density at radius 1 is 1.00 bits per heavy atom. The van der Waals surface area contributed by atoms with Gasteiger partial charge in [0.15, 0.2) is 5.76 Å². The number of amides is 1. The van der Waals surface area contributed by atoms with E-state index in [1.54, 1.807) is 48.7 Å². The van der Waals surface area contributed by atoms with Gasteiger partial charge >= 0.3 is 5.97 Å². The Labute approximate surface area is 242 Å². The number of carbonyl (C=O) groups is 2. The summed E-state index contributed by atoms with van der Waals surface area (Å²) >= 11 is 0. The summed E-state index contributed by atoms with van der Waals surface area (Å²) in [5.74, 6) is 0.366. The number of piperidine rings is 1. The number of carbonyl (C=O) groups excluding carboxylic acids is 2. The second-order valence-electron chi connectivity index (χ2n) is 10.5. The van der Waals surface area contributed by atoms with Gasteiger partial charge in [0.05, 0.1) is 24.1 Å². The molecule has 1 aliphatic rings. The lowest BCUT2D eigenvalue weighted by Crippen LogP contribution is -2.35. The fourth-order valence-corrected chi connectivity index (χ4v) is 5.32. The van der Waals surface area contributed by atoms with Crippen LogP contribution in [0.2, 0.25) is 0 Å². The topological polar surface area (TPSA) is 84.7 Å². The van der Waals surface area contributed by atoms with Gasteiger partial charge in [0.25, 0.3) is 5.91 Å². The van der Waals surface area contributed by atoms with Crippen LogP contribution in [0.25, 0.3) is 22.1 Å². The molecule has 212 valence electrons. The summed E-state index contributed by atoms with van der Waals surface area (Å²) in [6, 6.07) is 24.7. The van der Waals surface area contributed by atoms with E-state index in [0.29, 0.717) is 46.0 Å². The summed E-state index contributed by atoms with van der Waals surface area (Å²) in [4.78, 5) is 32.1. The van der Waals surface area contributed by atoms with Crippen LogP contribution in [0.5, 0.6) is 0 Å². The number of aryl methyl sites for hydroxylation is 1. The van der Waals surface area contributed by atoms with E-state index in [2.05, 4.69) is 15.2 Å². The molecule has 0 unspecified atom stereocenters. The summed E-state index contributed by atoms with van der Waals surface area (Å²) in [5.41, 5.74) is 3.57. The molecule has 5 aromatic rings. The van der Waals surface area contributed by atoms with Crippen molar-refractivity contribution in [3.8, 4) is 11.1 Å². The number of halogens is 1. The predicted molar refractivity (Wildman–Crippen MR) is 160 cm³/mol. The number of aromatic nitrogens is 1. The Morgan fingerprint density at radius 3 is 2.50 bits per heavy atom. The van der Waals surface area contributed by atoms with Crippen LogP contribution >= 0.6 is 0 Å². The van der Waals surface area contributed by atoms with Gasteiger partial charge < -0.3 is 19.4 Å². The quantitative estimate of drug-likeness (QED) is 0.210. The Bertz CT molecular complexity index is 1730. The third kappa shape index (κ3) is 5.74. The number of pyridine rings is 1. The zero-order chi connectivity index (χ0) is 29.1. The van der Waals surface area contributed by atoms with Gasteiger partial charge in [-0.2, -0.15) is 0 Å². The standard InChI is InChI=1S/C34H30FN3O4/c1-22-28-19-25(27-9-5-6-10-29(27)35)11-13-30(28)42-32(22)33(39)37-26-12-14-31(36-20-26)38-17-15-23(16-18-38)21-41-34(40)24-7-3-2-4-8-24/h2-14,19-20,23H,15-18,21H2,1H3,(H,37,39). The van der Waals surface area contributed by atoms with E-state index in [4.69, 9.17) is 9.15 Å². The zero-order valence-corrected chi connectivity index (χ0v) is 23.2. The second-order valence-corrected chi connectivity index (χ2v) is 10.5. The van der Waals surface area contributed by atoms with E-state index in [1.165, 1.54) is 6.07 Å². The average Bonchev–Trinajstić information content (AvgIpc) is 3.37. The number of nitrogens with one attached hydrogen (secondary N) is 1. The minimum atomic E-state index is -0.378. The number of hydrogen-bond donors (Lipinski definition) is 1. The number of ether oxygens (including phenoxy) is 1. The first-order valence-corrected chi connectivity index (χ1v) is 14.0. The predicted octanol–water partition coefficient (Wildman–Crippen LogP) is 7.27. The summed E-state index contributed by atoms with van der Waals surface area (Å²) in [5, 5.41) is 3.63. The second kappa shape index (κ2) is 11.9. The average molecular weight is 564 g/mol. The highest BCUT2D eigenvalue weighted by Crippen LogP contribution is 2.32. The van der Waals surface area contributed by atoms with E-state index in [1.807, 2.05) is 43.3 Å². The molecule has 7 nitrogen and oxygen atoms in total. The normalized spacial score (nSPS) is 13.7. The fourth-order valence-electron chi connectivity index (χ4n) is 5.32. The summed E-state index contributed by atoms with van der Waals surface area (Å²) in [7, 11) is 0. The van der Waals surface area contributed by atoms with E-state index >= 15 is 0 Å². The first-order chi connectivity index (χ1) is 20.5. The van der Waals surface area contributed by atoms with Gasteiger partial charge in [-0.05, 0) is 73.7 Å². The largest absolute Gasteiger partial charge is 0.462 e. The van der Waals surface area contributed by atoms with Gasteiger partial charge in [-0.15, -0.1) is 0 Å². The molecule has 0 aliphatic carbocycles. The van der Waals surface area contributed by atoms with Gasteiger partial charge in [-0.25, -0.2) is 14.2 Å². The number of anilines is 2. The smallest absolute Gasteiger partial charge is 0.338 e. The highest BCUT2D eigenvalue weighted by atomic mass is 19.1. The SMILES string of the molecule is Cc1c(C(=O)Nc2ccc(N3CCC(COC(=O)c4ccccc4)CC3)nc2)oc2ccc(-c3ccccc3F)cc12. The van der Waals surface area contributed by atoms with Crippen molar-refractivity contribution in [1.29, 1.82) is 0 Å². The molecule has 1 saturated heterocycles. The molecule has 6 rings (SSSR count). The van der Waals surface area contributed by atoms with Crippen LogP contribution in [-0.2, 0) is 4.74 Å². The van der Waals surface area contributed by atoms with Gasteiger partial charge in [0.1, 0.15) is 17.2 Å². The lowest BCUT2D eigenvalue weighted by molar-refractivity contribution is 0.0420. The number of hydrogen-bond acceptors (Lipinski definition) is 6. The van der Waals surface area contributed by atoms with Gasteiger partial charge in [0, 0.05) is 29.6 Å². The van der Waals surface area contributed by atoms with Crippen LogP contribution in [0.3, 0.4) is 0 Å². The highest BCUT2D eigenvalue weighted by molar-refractivity contribution is 6.06. The molecule has 1 amide bonds. The van der Waals surface area contributed by atoms with Crippen molar-refractivity contribution in [1.82, 2.24) is 4.98 Å². The van der Waals surface area contributed by atoms with Gasteiger partial charge in [-0.1, -0.05) is 42.5 Å². The molecule has 2 aromatic heterocycles. The van der Waals surface area contributed by atoms with E-state index in [0.717, 1.165) is 37.1 Å². The van der Waals surface area contributed by atoms with Crippen LogP contribution in [0, 0.1) is 18.7 Å². The molecule has 8 heteroatoms. The minimum Gasteiger partial charge on any atom is -0.462 e. The molecule has 0 spiro atoms. The lowest BCUT2D eigenvalue weighted by Gasteiger charge is -2.32. The number of esters is 1. The van der Waals surface area contributed by atoms with Crippen molar-refractivity contribution in [3.63, 3.8) is 0 Å². The van der Waals surface area contributed by atoms with Crippen molar-refractivity contribution in [2.75, 3.05) is 29.9 Å². The molecule has 1 fully saturated rings. The van der Waals surface area contributed by atoms with Gasteiger partial charge in [-0.3, -0.25) is 4.79 Å². The van der Waals surface area contributed by atoms with Crippen molar-refractivity contribution in [3.05, 3.63) is 114 Å². The Hall–Kier alpha value is -4.98. The van der Waals surface area contributed by atoms with Crippen molar-refractivity contribution < 1.29 is 23.1 Å². The molecule has 42 heavy (non-hydrogen) atoms. The fraction of sp³-hybridized carbons (Fsp3) is 0.206. The molecule has 1 aliphatic heterocycles. The van der Waals surface area contributed by atoms with Crippen LogP contribution in [0.15, 0.2) is 95.5 Å². The lowest BCUT2D eigenvalue weighted by atomic mass is 9.98. The zero-order valence-electron chi connectivity index (χ0n) is 23.2. The van der Waals surface area contributed by atoms with Crippen molar-refractivity contribution in [2.24, 2.45) is 5.92 Å².